The van der Waals surface area contributed by atoms with E-state index in [0.717, 1.165) is 24.2 Å². The van der Waals surface area contributed by atoms with E-state index in [2.05, 4.69) is 41.9 Å². The average Bonchev–Trinajstić information content (AvgIpc) is 2.97. The van der Waals surface area contributed by atoms with Gasteiger partial charge in [-0.25, -0.2) is 0 Å². The van der Waals surface area contributed by atoms with Crippen LogP contribution in [0.15, 0.2) is 42.6 Å². The zero-order valence-electron chi connectivity index (χ0n) is 13.6. The molecule has 0 aliphatic carbocycles. The molecule has 3 rings (SSSR count). The van der Waals surface area contributed by atoms with Gasteiger partial charge in [0.15, 0.2) is 0 Å². The van der Waals surface area contributed by atoms with Gasteiger partial charge in [0.2, 0.25) is 0 Å². The van der Waals surface area contributed by atoms with Gasteiger partial charge in [0, 0.05) is 12.7 Å². The highest BCUT2D eigenvalue weighted by atomic mass is 16.4. The topological polar surface area (TPSA) is 53.4 Å². The highest BCUT2D eigenvalue weighted by Crippen LogP contribution is 2.34. The lowest BCUT2D eigenvalue weighted by molar-refractivity contribution is -0.142. The van der Waals surface area contributed by atoms with Crippen molar-refractivity contribution < 1.29 is 9.90 Å². The molecule has 1 aliphatic heterocycles. The van der Waals surface area contributed by atoms with E-state index in [1.165, 1.54) is 11.1 Å². The number of nitrogens with zero attached hydrogens (tertiary/aromatic N) is 2. The molecule has 2 atom stereocenters. The zero-order chi connectivity index (χ0) is 16.4. The molecule has 0 bridgehead atoms. The van der Waals surface area contributed by atoms with E-state index in [0.29, 0.717) is 6.42 Å². The Hall–Kier alpha value is -2.20. The minimum absolute atomic E-state index is 0.113. The summed E-state index contributed by atoms with van der Waals surface area (Å²) in [7, 11) is 0. The van der Waals surface area contributed by atoms with Crippen LogP contribution in [0.5, 0.6) is 0 Å². The first-order valence-electron chi connectivity index (χ1n) is 8.04. The van der Waals surface area contributed by atoms with E-state index < -0.39 is 12.0 Å². The second-order valence-electron chi connectivity index (χ2n) is 6.31. The Bertz CT molecular complexity index is 680. The number of benzene rings is 1. The van der Waals surface area contributed by atoms with Crippen LogP contribution < -0.4 is 0 Å². The first-order chi connectivity index (χ1) is 11.1. The van der Waals surface area contributed by atoms with Crippen LogP contribution in [-0.4, -0.2) is 33.5 Å². The molecular weight excluding hydrogens is 288 g/mol. The number of carboxylic acids is 1. The fourth-order valence-electron chi connectivity index (χ4n) is 3.60. The predicted octanol–water partition coefficient (Wildman–Crippen LogP) is 3.34. The molecule has 23 heavy (non-hydrogen) atoms. The molecule has 2 aromatic rings. The van der Waals surface area contributed by atoms with Gasteiger partial charge in [-0.1, -0.05) is 35.4 Å². The van der Waals surface area contributed by atoms with Crippen LogP contribution in [-0.2, 0) is 4.79 Å². The maximum absolute atomic E-state index is 11.7. The third kappa shape index (κ3) is 3.27. The van der Waals surface area contributed by atoms with Gasteiger partial charge in [0.25, 0.3) is 0 Å². The molecule has 4 heteroatoms. The fraction of sp³-hybridized carbons (Fsp3) is 0.368. The quantitative estimate of drug-likeness (QED) is 0.941. The summed E-state index contributed by atoms with van der Waals surface area (Å²) in [4.78, 5) is 18.3. The number of pyridine rings is 1. The lowest BCUT2D eigenvalue weighted by Crippen LogP contribution is -2.39. The van der Waals surface area contributed by atoms with Crippen molar-refractivity contribution in [1.29, 1.82) is 0 Å². The van der Waals surface area contributed by atoms with E-state index in [1.807, 2.05) is 18.2 Å². The third-order valence-electron chi connectivity index (χ3n) is 4.44. The highest BCUT2D eigenvalue weighted by Gasteiger charge is 2.37. The largest absolute Gasteiger partial charge is 0.480 e. The molecule has 0 saturated carbocycles. The summed E-state index contributed by atoms with van der Waals surface area (Å²) in [5.41, 5.74) is 4.40. The van der Waals surface area contributed by atoms with Crippen molar-refractivity contribution in [1.82, 2.24) is 9.88 Å². The van der Waals surface area contributed by atoms with E-state index in [-0.39, 0.29) is 6.04 Å². The highest BCUT2D eigenvalue weighted by molar-refractivity contribution is 5.74. The van der Waals surface area contributed by atoms with Crippen LogP contribution >= 0.6 is 0 Å². The monoisotopic (exact) mass is 310 g/mol. The van der Waals surface area contributed by atoms with Crippen LogP contribution in [0.1, 0.15) is 41.3 Å². The second kappa shape index (κ2) is 6.50. The molecule has 1 saturated heterocycles. The van der Waals surface area contributed by atoms with E-state index in [9.17, 15) is 9.90 Å². The lowest BCUT2D eigenvalue weighted by Gasteiger charge is -2.31. The Morgan fingerprint density at radius 3 is 2.61 bits per heavy atom. The summed E-state index contributed by atoms with van der Waals surface area (Å²) in [6.45, 7) is 4.93. The SMILES string of the molecule is Cc1cc(C)cc(C(c2ccccn2)N2CCCC2C(=O)O)c1. The first-order valence-corrected chi connectivity index (χ1v) is 8.04. The van der Waals surface area contributed by atoms with Crippen LogP contribution in [0.4, 0.5) is 0 Å². The van der Waals surface area contributed by atoms with Crippen molar-refractivity contribution in [2.24, 2.45) is 0 Å². The maximum Gasteiger partial charge on any atom is 0.320 e. The smallest absolute Gasteiger partial charge is 0.320 e. The Kier molecular flexibility index (Phi) is 4.44. The first kappa shape index (κ1) is 15.7. The molecule has 0 spiro atoms. The van der Waals surface area contributed by atoms with E-state index in [4.69, 9.17) is 0 Å². The number of aliphatic carboxylic acids is 1. The van der Waals surface area contributed by atoms with Crippen molar-refractivity contribution in [2.75, 3.05) is 6.54 Å². The number of aromatic nitrogens is 1. The molecule has 2 unspecified atom stereocenters. The Morgan fingerprint density at radius 1 is 1.26 bits per heavy atom. The molecule has 1 aromatic heterocycles. The maximum atomic E-state index is 11.7. The third-order valence-corrected chi connectivity index (χ3v) is 4.44. The van der Waals surface area contributed by atoms with Crippen LogP contribution in [0.3, 0.4) is 0 Å². The summed E-state index contributed by atoms with van der Waals surface area (Å²) >= 11 is 0. The summed E-state index contributed by atoms with van der Waals surface area (Å²) < 4.78 is 0. The molecule has 0 radical (unpaired) electrons. The predicted molar refractivity (Wildman–Crippen MR) is 89.4 cm³/mol. The number of carbonyl (C=O) groups is 1. The summed E-state index contributed by atoms with van der Waals surface area (Å²) in [6.07, 6.45) is 3.38. The second-order valence-corrected chi connectivity index (χ2v) is 6.31. The van der Waals surface area contributed by atoms with Gasteiger partial charge in [0.1, 0.15) is 6.04 Å². The van der Waals surface area contributed by atoms with Gasteiger partial charge in [-0.15, -0.1) is 0 Å². The van der Waals surface area contributed by atoms with Crippen molar-refractivity contribution in [3.8, 4) is 0 Å². The summed E-state index contributed by atoms with van der Waals surface area (Å²) in [5, 5.41) is 9.57. The van der Waals surface area contributed by atoms with Crippen LogP contribution in [0.25, 0.3) is 0 Å². The Labute approximate surface area is 136 Å². The van der Waals surface area contributed by atoms with Gasteiger partial charge in [-0.3, -0.25) is 14.7 Å². The molecule has 1 fully saturated rings. The Balaban J connectivity index is 2.09. The normalized spacial score (nSPS) is 19.7. The van der Waals surface area contributed by atoms with Crippen molar-refractivity contribution in [3.05, 3.63) is 65.0 Å². The zero-order valence-corrected chi connectivity index (χ0v) is 13.6. The molecule has 2 heterocycles. The van der Waals surface area contributed by atoms with Crippen LogP contribution in [0.2, 0.25) is 0 Å². The molecule has 4 nitrogen and oxygen atoms in total. The number of carboxylic acid groups (broad SMARTS) is 1. The molecule has 0 amide bonds. The molecule has 1 aromatic carbocycles. The van der Waals surface area contributed by atoms with Gasteiger partial charge < -0.3 is 5.11 Å². The number of rotatable bonds is 4. The molecule has 1 N–H and O–H groups in total. The lowest BCUT2D eigenvalue weighted by atomic mass is 9.96. The molecule has 1 aliphatic rings. The minimum atomic E-state index is -0.743. The fourth-order valence-corrected chi connectivity index (χ4v) is 3.60. The van der Waals surface area contributed by atoms with Gasteiger partial charge >= 0.3 is 5.97 Å². The van der Waals surface area contributed by atoms with Gasteiger partial charge in [-0.05, 0) is 44.4 Å². The summed E-state index contributed by atoms with van der Waals surface area (Å²) in [6, 6.07) is 11.7. The Morgan fingerprint density at radius 2 is 2.00 bits per heavy atom. The number of hydrogen-bond donors (Lipinski definition) is 1. The van der Waals surface area contributed by atoms with Crippen molar-refractivity contribution in [2.45, 2.75) is 38.8 Å². The number of likely N-dealkylation sites (tertiary alicyclic amines) is 1. The number of hydrogen-bond acceptors (Lipinski definition) is 3. The van der Waals surface area contributed by atoms with Gasteiger partial charge in [0.05, 0.1) is 11.7 Å². The van der Waals surface area contributed by atoms with Crippen LogP contribution in [0, 0.1) is 13.8 Å². The molecular formula is C19H22N2O2. The van der Waals surface area contributed by atoms with E-state index >= 15 is 0 Å². The van der Waals surface area contributed by atoms with Gasteiger partial charge in [-0.2, -0.15) is 0 Å². The van der Waals surface area contributed by atoms with Crippen molar-refractivity contribution >= 4 is 5.97 Å². The number of aryl methyl sites for hydroxylation is 2. The van der Waals surface area contributed by atoms with Crippen molar-refractivity contribution in [3.63, 3.8) is 0 Å². The van der Waals surface area contributed by atoms with E-state index in [1.54, 1.807) is 6.20 Å². The summed E-state index contributed by atoms with van der Waals surface area (Å²) in [5.74, 6) is -0.743. The average molecular weight is 310 g/mol. The standard InChI is InChI=1S/C19H22N2O2/c1-13-10-14(2)12-15(11-13)18(16-6-3-4-8-20-16)21-9-5-7-17(21)19(22)23/h3-4,6,8,10-12,17-18H,5,7,9H2,1-2H3,(H,22,23). The molecule has 120 valence electrons. The minimum Gasteiger partial charge on any atom is -0.480 e.